The van der Waals surface area contributed by atoms with E-state index < -0.39 is 0 Å². The molecule has 4 aromatic rings. The second kappa shape index (κ2) is 8.71. The summed E-state index contributed by atoms with van der Waals surface area (Å²) in [6.07, 6.45) is 4.48. The van der Waals surface area contributed by atoms with Crippen molar-refractivity contribution in [3.8, 4) is 5.75 Å². The molecule has 1 amide bonds. The number of ether oxygens (including phenoxy) is 1. The Kier molecular flexibility index (Phi) is 5.67. The fourth-order valence-corrected chi connectivity index (χ4v) is 3.44. The molecular weight excluding hydrogens is 400 g/mol. The average molecular weight is 418 g/mol. The molecule has 0 atom stereocenters. The van der Waals surface area contributed by atoms with Crippen LogP contribution in [0.1, 0.15) is 16.3 Å². The highest BCUT2D eigenvalue weighted by molar-refractivity contribution is 7.09. The summed E-state index contributed by atoms with van der Waals surface area (Å²) < 4.78 is 5.77. The van der Waals surface area contributed by atoms with Gasteiger partial charge in [0, 0.05) is 17.1 Å². The maximum atomic E-state index is 12.3. The predicted octanol–water partition coefficient (Wildman–Crippen LogP) is 3.92. The molecule has 2 heterocycles. The molecule has 0 fully saturated rings. The van der Waals surface area contributed by atoms with E-state index in [-0.39, 0.29) is 11.5 Å². The van der Waals surface area contributed by atoms with Crippen LogP contribution in [0.25, 0.3) is 17.0 Å². The number of aromatic nitrogens is 3. The molecular formula is C22H18N4O3S. The van der Waals surface area contributed by atoms with Crippen LogP contribution in [-0.2, 0) is 11.4 Å². The van der Waals surface area contributed by atoms with Gasteiger partial charge in [-0.1, -0.05) is 12.1 Å². The fourth-order valence-electron chi connectivity index (χ4n) is 2.84. The van der Waals surface area contributed by atoms with Gasteiger partial charge in [-0.2, -0.15) is 0 Å². The molecule has 0 bridgehead atoms. The summed E-state index contributed by atoms with van der Waals surface area (Å²) in [6, 6.07) is 12.4. The van der Waals surface area contributed by atoms with Crippen molar-refractivity contribution in [3.63, 3.8) is 0 Å². The minimum Gasteiger partial charge on any atom is -0.487 e. The van der Waals surface area contributed by atoms with Crippen molar-refractivity contribution in [2.24, 2.45) is 0 Å². The van der Waals surface area contributed by atoms with E-state index in [0.29, 0.717) is 28.9 Å². The van der Waals surface area contributed by atoms with Gasteiger partial charge in [-0.05, 0) is 48.9 Å². The van der Waals surface area contributed by atoms with Crippen LogP contribution in [0.5, 0.6) is 5.75 Å². The normalized spacial score (nSPS) is 11.1. The quantitative estimate of drug-likeness (QED) is 0.463. The zero-order valence-electron chi connectivity index (χ0n) is 16.1. The monoisotopic (exact) mass is 418 g/mol. The zero-order chi connectivity index (χ0) is 20.9. The Labute approximate surface area is 176 Å². The Morgan fingerprint density at radius 1 is 1.27 bits per heavy atom. The number of amides is 1. The largest absolute Gasteiger partial charge is 0.487 e. The lowest BCUT2D eigenvalue weighted by Gasteiger charge is -2.05. The van der Waals surface area contributed by atoms with Crippen molar-refractivity contribution in [1.82, 2.24) is 15.0 Å². The smallest absolute Gasteiger partial charge is 0.258 e. The Morgan fingerprint density at radius 2 is 2.17 bits per heavy atom. The third kappa shape index (κ3) is 4.79. The number of thiazole rings is 1. The van der Waals surface area contributed by atoms with Crippen LogP contribution in [0.4, 0.5) is 5.69 Å². The third-order valence-electron chi connectivity index (χ3n) is 4.25. The summed E-state index contributed by atoms with van der Waals surface area (Å²) >= 11 is 1.59. The summed E-state index contributed by atoms with van der Waals surface area (Å²) in [4.78, 5) is 35.1. The Hall–Kier alpha value is -3.78. The van der Waals surface area contributed by atoms with Crippen molar-refractivity contribution in [3.05, 3.63) is 86.9 Å². The van der Waals surface area contributed by atoms with E-state index in [1.807, 2.05) is 36.6 Å². The van der Waals surface area contributed by atoms with E-state index in [9.17, 15) is 9.59 Å². The first-order valence-electron chi connectivity index (χ1n) is 9.17. The van der Waals surface area contributed by atoms with Crippen LogP contribution in [0.15, 0.2) is 65.0 Å². The maximum absolute atomic E-state index is 12.3. The molecule has 2 aromatic carbocycles. The standard InChI is InChI=1S/C22H18N4O3S/c1-14-25-17(12-30-14)11-29-18-4-2-3-15(9-18)5-8-21(27)26-16-6-7-20-19(10-16)22(28)24-13-23-20/h2-10,12-13H,11H2,1H3,(H,26,27)(H,23,24,28). The number of rotatable bonds is 6. The van der Waals surface area contributed by atoms with Gasteiger partial charge in [-0.25, -0.2) is 9.97 Å². The fraction of sp³-hybridized carbons (Fsp3) is 0.0909. The van der Waals surface area contributed by atoms with E-state index in [1.54, 1.807) is 35.6 Å². The topological polar surface area (TPSA) is 97.0 Å². The molecule has 0 aliphatic heterocycles. The van der Waals surface area contributed by atoms with Gasteiger partial charge in [-0.15, -0.1) is 11.3 Å². The summed E-state index contributed by atoms with van der Waals surface area (Å²) in [7, 11) is 0. The summed E-state index contributed by atoms with van der Waals surface area (Å²) in [5.74, 6) is 0.392. The molecule has 2 aromatic heterocycles. The number of fused-ring (bicyclic) bond motifs is 1. The van der Waals surface area contributed by atoms with E-state index in [2.05, 4.69) is 20.3 Å². The molecule has 7 nitrogen and oxygen atoms in total. The van der Waals surface area contributed by atoms with Gasteiger partial charge in [0.2, 0.25) is 5.91 Å². The highest BCUT2D eigenvalue weighted by Crippen LogP contribution is 2.18. The number of carbonyl (C=O) groups is 1. The van der Waals surface area contributed by atoms with Crippen LogP contribution >= 0.6 is 11.3 Å². The molecule has 0 unspecified atom stereocenters. The molecule has 0 aliphatic rings. The molecule has 30 heavy (non-hydrogen) atoms. The number of benzene rings is 2. The first-order valence-corrected chi connectivity index (χ1v) is 10.1. The van der Waals surface area contributed by atoms with Crippen molar-refractivity contribution in [1.29, 1.82) is 0 Å². The maximum Gasteiger partial charge on any atom is 0.258 e. The molecule has 4 rings (SSSR count). The van der Waals surface area contributed by atoms with Crippen LogP contribution in [0.3, 0.4) is 0 Å². The van der Waals surface area contributed by atoms with Crippen molar-refractivity contribution in [2.45, 2.75) is 13.5 Å². The highest BCUT2D eigenvalue weighted by atomic mass is 32.1. The number of hydrogen-bond acceptors (Lipinski definition) is 6. The number of carbonyl (C=O) groups excluding carboxylic acids is 1. The van der Waals surface area contributed by atoms with Crippen molar-refractivity contribution in [2.75, 3.05) is 5.32 Å². The van der Waals surface area contributed by atoms with Crippen molar-refractivity contribution < 1.29 is 9.53 Å². The first-order chi connectivity index (χ1) is 14.6. The number of anilines is 1. The molecule has 8 heteroatoms. The van der Waals surface area contributed by atoms with Crippen LogP contribution < -0.4 is 15.6 Å². The van der Waals surface area contributed by atoms with E-state index in [0.717, 1.165) is 16.3 Å². The lowest BCUT2D eigenvalue weighted by Crippen LogP contribution is -2.10. The number of aromatic amines is 1. The number of H-pyrrole nitrogens is 1. The summed E-state index contributed by atoms with van der Waals surface area (Å²) in [6.45, 7) is 2.35. The second-order valence-corrected chi connectivity index (χ2v) is 7.57. The average Bonchev–Trinajstić information content (AvgIpc) is 3.17. The molecule has 0 radical (unpaired) electrons. The van der Waals surface area contributed by atoms with Gasteiger partial charge < -0.3 is 15.0 Å². The SMILES string of the molecule is Cc1nc(COc2cccc(C=CC(=O)Nc3ccc4nc[nH]c(=O)c4c3)c2)cs1. The third-order valence-corrected chi connectivity index (χ3v) is 5.07. The molecule has 2 N–H and O–H groups in total. The van der Waals surface area contributed by atoms with E-state index in [4.69, 9.17) is 4.74 Å². The minimum absolute atomic E-state index is 0.253. The van der Waals surface area contributed by atoms with Gasteiger partial charge in [0.25, 0.3) is 5.56 Å². The Balaban J connectivity index is 1.40. The Bertz CT molecular complexity index is 1290. The lowest BCUT2D eigenvalue weighted by molar-refractivity contribution is -0.111. The second-order valence-electron chi connectivity index (χ2n) is 6.51. The molecule has 0 saturated carbocycles. The number of nitrogens with zero attached hydrogens (tertiary/aromatic N) is 2. The molecule has 0 aliphatic carbocycles. The summed E-state index contributed by atoms with van der Waals surface area (Å²) in [5, 5.41) is 6.14. The van der Waals surface area contributed by atoms with Gasteiger partial charge in [-0.3, -0.25) is 9.59 Å². The minimum atomic E-state index is -0.307. The van der Waals surface area contributed by atoms with E-state index in [1.165, 1.54) is 12.4 Å². The predicted molar refractivity (Wildman–Crippen MR) is 118 cm³/mol. The lowest BCUT2D eigenvalue weighted by atomic mass is 10.2. The molecule has 0 saturated heterocycles. The summed E-state index contributed by atoms with van der Waals surface area (Å²) in [5.41, 5.74) is 2.55. The van der Waals surface area contributed by atoms with Crippen LogP contribution in [-0.4, -0.2) is 20.9 Å². The van der Waals surface area contributed by atoms with Gasteiger partial charge in [0.15, 0.2) is 0 Å². The molecule has 150 valence electrons. The number of aryl methyl sites for hydroxylation is 1. The zero-order valence-corrected chi connectivity index (χ0v) is 16.9. The highest BCUT2D eigenvalue weighted by Gasteiger charge is 2.04. The Morgan fingerprint density at radius 3 is 3.00 bits per heavy atom. The number of hydrogen-bond donors (Lipinski definition) is 2. The van der Waals surface area contributed by atoms with Crippen LogP contribution in [0.2, 0.25) is 0 Å². The van der Waals surface area contributed by atoms with Gasteiger partial charge >= 0.3 is 0 Å². The van der Waals surface area contributed by atoms with Gasteiger partial charge in [0.1, 0.15) is 12.4 Å². The van der Waals surface area contributed by atoms with Gasteiger partial charge in [0.05, 0.1) is 27.9 Å². The molecule has 0 spiro atoms. The number of nitrogens with one attached hydrogen (secondary N) is 2. The van der Waals surface area contributed by atoms with Crippen molar-refractivity contribution >= 4 is 39.9 Å². The van der Waals surface area contributed by atoms with E-state index >= 15 is 0 Å². The van der Waals surface area contributed by atoms with Crippen LogP contribution in [0, 0.1) is 6.92 Å². The first kappa shape index (κ1) is 19.5.